The lowest BCUT2D eigenvalue weighted by Gasteiger charge is -2.28. The molecule has 0 unspecified atom stereocenters. The van der Waals surface area contributed by atoms with Crippen LogP contribution in [0.25, 0.3) is 0 Å². The molecule has 0 radical (unpaired) electrons. The second kappa shape index (κ2) is 7.64. The standard InChI is InChI=1S/C20H26N4O/c1-14(2)16-9-5-6-10-17(16)23-20(25)18-13-19(22-15(3)21-18)24-11-7-4-8-12-24/h5-6,9-10,13-14H,4,7-8,11-12H2,1-3H3,(H,23,25). The Bertz CT molecular complexity index is 751. The van der Waals surface area contributed by atoms with Gasteiger partial charge < -0.3 is 10.2 Å². The molecule has 3 rings (SSSR count). The summed E-state index contributed by atoms with van der Waals surface area (Å²) in [6.45, 7) is 8.07. The summed E-state index contributed by atoms with van der Waals surface area (Å²) in [7, 11) is 0. The summed E-state index contributed by atoms with van der Waals surface area (Å²) in [5, 5.41) is 3.02. The van der Waals surface area contributed by atoms with E-state index in [4.69, 9.17) is 0 Å². The van der Waals surface area contributed by atoms with Crippen LogP contribution in [0.1, 0.15) is 60.9 Å². The topological polar surface area (TPSA) is 58.1 Å². The van der Waals surface area contributed by atoms with E-state index in [0.717, 1.165) is 30.2 Å². The van der Waals surface area contributed by atoms with E-state index in [9.17, 15) is 4.79 Å². The molecule has 1 saturated heterocycles. The minimum absolute atomic E-state index is 0.183. The van der Waals surface area contributed by atoms with Crippen LogP contribution in [0, 0.1) is 6.92 Å². The quantitative estimate of drug-likeness (QED) is 0.910. The van der Waals surface area contributed by atoms with Gasteiger partial charge in [-0.1, -0.05) is 32.0 Å². The third-order valence-corrected chi connectivity index (χ3v) is 4.57. The van der Waals surface area contributed by atoms with Crippen LogP contribution in [0.4, 0.5) is 11.5 Å². The van der Waals surface area contributed by atoms with Crippen molar-refractivity contribution < 1.29 is 4.79 Å². The van der Waals surface area contributed by atoms with Crippen molar-refractivity contribution in [3.8, 4) is 0 Å². The van der Waals surface area contributed by atoms with E-state index in [1.165, 1.54) is 19.3 Å². The van der Waals surface area contributed by atoms with Crippen molar-refractivity contribution in [3.05, 3.63) is 47.4 Å². The van der Waals surface area contributed by atoms with Crippen molar-refractivity contribution in [2.24, 2.45) is 0 Å². The van der Waals surface area contributed by atoms with Crippen LogP contribution in [0.15, 0.2) is 30.3 Å². The predicted molar refractivity (Wildman–Crippen MR) is 101 cm³/mol. The lowest BCUT2D eigenvalue weighted by atomic mass is 10.0. The smallest absolute Gasteiger partial charge is 0.274 e. The van der Waals surface area contributed by atoms with Gasteiger partial charge in [0.1, 0.15) is 17.3 Å². The molecule has 5 nitrogen and oxygen atoms in total. The molecule has 5 heteroatoms. The number of rotatable bonds is 4. The highest BCUT2D eigenvalue weighted by atomic mass is 16.1. The molecule has 2 aromatic rings. The van der Waals surface area contributed by atoms with Gasteiger partial charge in [-0.2, -0.15) is 0 Å². The molecule has 2 heterocycles. The van der Waals surface area contributed by atoms with Gasteiger partial charge in [-0.25, -0.2) is 9.97 Å². The van der Waals surface area contributed by atoms with Crippen molar-refractivity contribution in [1.82, 2.24) is 9.97 Å². The minimum atomic E-state index is -0.183. The predicted octanol–water partition coefficient (Wildman–Crippen LogP) is 4.15. The van der Waals surface area contributed by atoms with E-state index in [0.29, 0.717) is 17.4 Å². The third kappa shape index (κ3) is 4.16. The Kier molecular flexibility index (Phi) is 5.31. The minimum Gasteiger partial charge on any atom is -0.356 e. The highest BCUT2D eigenvalue weighted by Gasteiger charge is 2.17. The van der Waals surface area contributed by atoms with Crippen molar-refractivity contribution in [2.75, 3.05) is 23.3 Å². The van der Waals surface area contributed by atoms with E-state index in [-0.39, 0.29) is 5.91 Å². The van der Waals surface area contributed by atoms with Gasteiger partial charge in [0.15, 0.2) is 0 Å². The first-order chi connectivity index (χ1) is 12.0. The number of piperidine rings is 1. The van der Waals surface area contributed by atoms with Gasteiger partial charge >= 0.3 is 0 Å². The van der Waals surface area contributed by atoms with E-state index in [1.807, 2.05) is 37.3 Å². The number of para-hydroxylation sites is 1. The summed E-state index contributed by atoms with van der Waals surface area (Å²) in [6, 6.07) is 9.73. The van der Waals surface area contributed by atoms with E-state index >= 15 is 0 Å². The van der Waals surface area contributed by atoms with Crippen LogP contribution in [-0.2, 0) is 0 Å². The van der Waals surface area contributed by atoms with Crippen LogP contribution in [-0.4, -0.2) is 29.0 Å². The molecule has 1 amide bonds. The number of aromatic nitrogens is 2. The number of carbonyl (C=O) groups is 1. The molecule has 0 saturated carbocycles. The Morgan fingerprint density at radius 1 is 1.12 bits per heavy atom. The SMILES string of the molecule is Cc1nc(C(=O)Nc2ccccc2C(C)C)cc(N2CCCCC2)n1. The molecular weight excluding hydrogens is 312 g/mol. The molecule has 132 valence electrons. The maximum atomic E-state index is 12.8. The Labute approximate surface area is 149 Å². The van der Waals surface area contributed by atoms with Crippen LogP contribution in [0.3, 0.4) is 0 Å². The number of aryl methyl sites for hydroxylation is 1. The Morgan fingerprint density at radius 3 is 2.56 bits per heavy atom. The van der Waals surface area contributed by atoms with E-state index in [1.54, 1.807) is 0 Å². The zero-order valence-corrected chi connectivity index (χ0v) is 15.2. The largest absolute Gasteiger partial charge is 0.356 e. The number of anilines is 2. The Hall–Kier alpha value is -2.43. The molecule has 0 aliphatic carbocycles. The zero-order valence-electron chi connectivity index (χ0n) is 15.2. The fraction of sp³-hybridized carbons (Fsp3) is 0.450. The fourth-order valence-electron chi connectivity index (χ4n) is 3.25. The first kappa shape index (κ1) is 17.4. The molecule has 1 aliphatic heterocycles. The lowest BCUT2D eigenvalue weighted by molar-refractivity contribution is 0.102. The number of hydrogen-bond donors (Lipinski definition) is 1. The summed E-state index contributed by atoms with van der Waals surface area (Å²) >= 11 is 0. The fourth-order valence-corrected chi connectivity index (χ4v) is 3.25. The van der Waals surface area contributed by atoms with Gasteiger partial charge in [0.05, 0.1) is 0 Å². The van der Waals surface area contributed by atoms with Crippen molar-refractivity contribution in [1.29, 1.82) is 0 Å². The third-order valence-electron chi connectivity index (χ3n) is 4.57. The number of carbonyl (C=O) groups excluding carboxylic acids is 1. The zero-order chi connectivity index (χ0) is 17.8. The summed E-state index contributed by atoms with van der Waals surface area (Å²) < 4.78 is 0. The first-order valence-electron chi connectivity index (χ1n) is 9.05. The van der Waals surface area contributed by atoms with Gasteiger partial charge in [-0.15, -0.1) is 0 Å². The Balaban J connectivity index is 1.84. The number of nitrogens with zero attached hydrogens (tertiary/aromatic N) is 3. The van der Waals surface area contributed by atoms with E-state index < -0.39 is 0 Å². The second-order valence-corrected chi connectivity index (χ2v) is 6.90. The molecule has 1 fully saturated rings. The van der Waals surface area contributed by atoms with Crippen molar-refractivity contribution >= 4 is 17.4 Å². The average molecular weight is 338 g/mol. The van der Waals surface area contributed by atoms with Gasteiger partial charge in [0.2, 0.25) is 0 Å². The summed E-state index contributed by atoms with van der Waals surface area (Å²) in [5.74, 6) is 1.64. The highest BCUT2D eigenvalue weighted by molar-refractivity contribution is 6.03. The number of nitrogens with one attached hydrogen (secondary N) is 1. The summed E-state index contributed by atoms with van der Waals surface area (Å²) in [6.07, 6.45) is 3.61. The molecular formula is C20H26N4O. The van der Waals surface area contributed by atoms with Gasteiger partial charge in [0, 0.05) is 24.8 Å². The van der Waals surface area contributed by atoms with Crippen LogP contribution in [0.2, 0.25) is 0 Å². The normalized spacial score (nSPS) is 14.6. The maximum absolute atomic E-state index is 12.8. The van der Waals surface area contributed by atoms with E-state index in [2.05, 4.69) is 34.0 Å². The molecule has 25 heavy (non-hydrogen) atoms. The monoisotopic (exact) mass is 338 g/mol. The molecule has 1 aliphatic rings. The molecule has 1 aromatic heterocycles. The summed E-state index contributed by atoms with van der Waals surface area (Å²) in [4.78, 5) is 23.9. The molecule has 0 atom stereocenters. The summed E-state index contributed by atoms with van der Waals surface area (Å²) in [5.41, 5.74) is 2.39. The highest BCUT2D eigenvalue weighted by Crippen LogP contribution is 2.24. The molecule has 1 aromatic carbocycles. The van der Waals surface area contributed by atoms with Crippen LogP contribution in [0.5, 0.6) is 0 Å². The average Bonchev–Trinajstić information content (AvgIpc) is 2.62. The maximum Gasteiger partial charge on any atom is 0.274 e. The molecule has 0 spiro atoms. The van der Waals surface area contributed by atoms with Crippen LogP contribution >= 0.6 is 0 Å². The Morgan fingerprint density at radius 2 is 1.84 bits per heavy atom. The van der Waals surface area contributed by atoms with Gasteiger partial charge in [-0.05, 0) is 43.7 Å². The molecule has 1 N–H and O–H groups in total. The van der Waals surface area contributed by atoms with Gasteiger partial charge in [-0.3, -0.25) is 4.79 Å². The van der Waals surface area contributed by atoms with Crippen molar-refractivity contribution in [2.45, 2.75) is 46.0 Å². The van der Waals surface area contributed by atoms with Crippen LogP contribution < -0.4 is 10.2 Å². The lowest BCUT2D eigenvalue weighted by Crippen LogP contribution is -2.31. The van der Waals surface area contributed by atoms with Crippen molar-refractivity contribution in [3.63, 3.8) is 0 Å². The first-order valence-corrected chi connectivity index (χ1v) is 9.05. The number of amides is 1. The number of benzene rings is 1. The van der Waals surface area contributed by atoms with Gasteiger partial charge in [0.25, 0.3) is 5.91 Å². The second-order valence-electron chi connectivity index (χ2n) is 6.90. The molecule has 0 bridgehead atoms. The number of hydrogen-bond acceptors (Lipinski definition) is 4.